The van der Waals surface area contributed by atoms with Crippen molar-refractivity contribution in [2.75, 3.05) is 77.8 Å². The number of aldehydes is 2. The third-order valence-electron chi connectivity index (χ3n) is 8.43. The molecule has 0 bridgehead atoms. The lowest BCUT2D eigenvalue weighted by Crippen LogP contribution is -2.31. The van der Waals surface area contributed by atoms with Gasteiger partial charge in [0.15, 0.2) is 12.6 Å². The largest absolute Gasteiger partial charge is 0.395 e. The monoisotopic (exact) mass is 866 g/mol. The first-order chi connectivity index (χ1) is 28.5. The van der Waals surface area contributed by atoms with Gasteiger partial charge >= 0.3 is 10.1 Å². The van der Waals surface area contributed by atoms with Crippen molar-refractivity contribution in [2.45, 2.75) is 32.7 Å². The van der Waals surface area contributed by atoms with Gasteiger partial charge in [0, 0.05) is 50.6 Å². The number of azo groups is 2. The van der Waals surface area contributed by atoms with Gasteiger partial charge in [0.05, 0.1) is 35.7 Å². The molecule has 24 heteroatoms. The van der Waals surface area contributed by atoms with Crippen LogP contribution < -0.4 is 25.3 Å². The van der Waals surface area contributed by atoms with E-state index in [4.69, 9.17) is 0 Å². The molecule has 0 aliphatic rings. The van der Waals surface area contributed by atoms with Crippen molar-refractivity contribution in [3.63, 3.8) is 0 Å². The van der Waals surface area contributed by atoms with Crippen LogP contribution in [0.25, 0.3) is 0 Å². The maximum Gasteiger partial charge on any atom is 0.313 e. The molecule has 3 aromatic heterocycles. The highest BCUT2D eigenvalue weighted by molar-refractivity contribution is 7.86. The van der Waals surface area contributed by atoms with Gasteiger partial charge in [0.2, 0.25) is 33.1 Å². The zero-order chi connectivity index (χ0) is 42.5. The smallest absolute Gasteiger partial charge is 0.313 e. The number of hydrogen-bond acceptors (Lipinski definition) is 22. The number of carbonyl (C=O) groups excluding carboxylic acids is 2. The molecule has 0 aliphatic carbocycles. The molecule has 3 heterocycles. The Bertz CT molecular complexity index is 2390. The van der Waals surface area contributed by atoms with E-state index in [1.54, 1.807) is 23.1 Å². The lowest BCUT2D eigenvalue weighted by molar-refractivity contribution is 0.111. The number of carbonyl (C=O) groups is 2. The molecule has 0 unspecified atom stereocenters. The molecule has 312 valence electrons. The molecule has 0 radical (unpaired) electrons. The van der Waals surface area contributed by atoms with Gasteiger partial charge in [0.25, 0.3) is 0 Å². The average molecular weight is 867 g/mol. The third-order valence-corrected chi connectivity index (χ3v) is 11.0. The SMILES string of the molecule is CCN(CC)c1ccc(/N=N/c2ncc(C=O)s2)c(Nc2nc(Nc3cc(N(CC)CC)ccc3/N=N/c3nc(S(=O)(=O)O)c(C=O)s3)nc(N(CCO)CCO)n2)c1. The molecular formula is C35H42N14O7S3. The highest BCUT2D eigenvalue weighted by atomic mass is 32.2. The Morgan fingerprint density at radius 1 is 0.695 bits per heavy atom. The topological polar surface area (TPSA) is 277 Å². The Morgan fingerprint density at radius 3 is 1.64 bits per heavy atom. The van der Waals surface area contributed by atoms with E-state index in [9.17, 15) is 32.8 Å². The maximum absolute atomic E-state index is 11.8. The van der Waals surface area contributed by atoms with E-state index in [0.29, 0.717) is 52.7 Å². The summed E-state index contributed by atoms with van der Waals surface area (Å²) in [5.74, 6) is 0.171. The Hall–Kier alpha value is -5.92. The molecular weight excluding hydrogens is 825 g/mol. The lowest BCUT2D eigenvalue weighted by Gasteiger charge is -2.24. The number of hydrogen-bond donors (Lipinski definition) is 5. The van der Waals surface area contributed by atoms with Gasteiger partial charge in [-0.05, 0) is 64.1 Å². The van der Waals surface area contributed by atoms with Crippen LogP contribution in [0.1, 0.15) is 47.0 Å². The van der Waals surface area contributed by atoms with Crippen LogP contribution in [0, 0.1) is 0 Å². The van der Waals surface area contributed by atoms with Crippen molar-refractivity contribution in [1.29, 1.82) is 0 Å². The third kappa shape index (κ3) is 11.4. The highest BCUT2D eigenvalue weighted by Crippen LogP contribution is 2.37. The Balaban J connectivity index is 1.62. The standard InChI is InChI=1S/C35H42N14O7S3/c1-5-47(6-2)22-9-11-25(43-45-34-36-19-24(20-52)57-34)27(17-22)37-31-40-32(42-33(41-31)49(13-15-50)14-16-51)38-28-18-23(48(7-3)8-4)10-12-26(28)44-46-35-39-30(59(54,55)56)29(21-53)58-35/h9-12,17-21,50-51H,5-8,13-16H2,1-4H3,(H,54,55,56)(H2,37,38,40,41,42)/b45-43+,46-44+. The fourth-order valence-electron chi connectivity index (χ4n) is 5.59. The van der Waals surface area contributed by atoms with Crippen LogP contribution in [0.5, 0.6) is 0 Å². The number of rotatable bonds is 22. The lowest BCUT2D eigenvalue weighted by atomic mass is 10.2. The fourth-order valence-corrected chi connectivity index (χ4v) is 7.74. The van der Waals surface area contributed by atoms with Crippen molar-refractivity contribution in [1.82, 2.24) is 24.9 Å². The van der Waals surface area contributed by atoms with Gasteiger partial charge < -0.3 is 35.5 Å². The number of aliphatic hydroxyl groups excluding tert-OH is 2. The van der Waals surface area contributed by atoms with Gasteiger partial charge in [-0.25, -0.2) is 9.97 Å². The normalized spacial score (nSPS) is 11.6. The maximum atomic E-state index is 11.8. The number of aromatic nitrogens is 5. The Labute approximate surface area is 347 Å². The molecule has 5 N–H and O–H groups in total. The number of benzene rings is 2. The summed E-state index contributed by atoms with van der Waals surface area (Å²) in [6.45, 7) is 10.5. The first kappa shape index (κ1) is 44.2. The van der Waals surface area contributed by atoms with Crippen molar-refractivity contribution in [3.05, 3.63) is 52.3 Å². The summed E-state index contributed by atoms with van der Waals surface area (Å²) in [5, 5.41) is 42.5. The predicted molar refractivity (Wildman–Crippen MR) is 226 cm³/mol. The van der Waals surface area contributed by atoms with Crippen LogP contribution in [0.3, 0.4) is 0 Å². The van der Waals surface area contributed by atoms with E-state index >= 15 is 0 Å². The molecule has 0 spiro atoms. The van der Waals surface area contributed by atoms with Gasteiger partial charge in [-0.1, -0.05) is 22.7 Å². The van der Waals surface area contributed by atoms with E-state index in [-0.39, 0.29) is 71.3 Å². The highest BCUT2D eigenvalue weighted by Gasteiger charge is 2.22. The van der Waals surface area contributed by atoms with E-state index < -0.39 is 15.1 Å². The molecule has 5 aromatic rings. The molecule has 0 saturated carbocycles. The van der Waals surface area contributed by atoms with Crippen molar-refractivity contribution < 1.29 is 32.8 Å². The van der Waals surface area contributed by atoms with E-state index in [0.717, 1.165) is 35.8 Å². The van der Waals surface area contributed by atoms with Crippen molar-refractivity contribution in [3.8, 4) is 0 Å². The molecule has 2 aromatic carbocycles. The van der Waals surface area contributed by atoms with Crippen LogP contribution in [0.4, 0.5) is 62.2 Å². The number of anilines is 7. The second-order valence-corrected chi connectivity index (χ2v) is 15.4. The summed E-state index contributed by atoms with van der Waals surface area (Å²) < 4.78 is 33.1. The molecule has 5 rings (SSSR count). The van der Waals surface area contributed by atoms with Crippen LogP contribution in [0.15, 0.2) is 68.1 Å². The van der Waals surface area contributed by atoms with Crippen molar-refractivity contribution in [2.24, 2.45) is 20.5 Å². The number of aliphatic hydroxyl groups is 2. The van der Waals surface area contributed by atoms with Crippen molar-refractivity contribution >= 4 is 108 Å². The minimum atomic E-state index is -4.80. The number of thiazole rings is 2. The summed E-state index contributed by atoms with van der Waals surface area (Å²) in [6.07, 6.45) is 2.35. The van der Waals surface area contributed by atoms with Gasteiger partial charge in [-0.15, -0.1) is 20.5 Å². The molecule has 0 saturated heterocycles. The van der Waals surface area contributed by atoms with E-state index in [2.05, 4.69) is 65.8 Å². The zero-order valence-corrected chi connectivity index (χ0v) is 34.9. The molecule has 0 atom stereocenters. The fraction of sp³-hybridized carbons (Fsp3) is 0.343. The predicted octanol–water partition coefficient (Wildman–Crippen LogP) is 6.46. The first-order valence-corrected chi connectivity index (χ1v) is 21.3. The van der Waals surface area contributed by atoms with E-state index in [1.165, 1.54) is 6.20 Å². The number of nitrogens with zero attached hydrogens (tertiary/aromatic N) is 12. The minimum Gasteiger partial charge on any atom is -0.395 e. The molecule has 59 heavy (non-hydrogen) atoms. The summed E-state index contributed by atoms with van der Waals surface area (Å²) in [4.78, 5) is 50.4. The molecule has 0 aliphatic heterocycles. The molecule has 21 nitrogen and oxygen atoms in total. The van der Waals surface area contributed by atoms with Gasteiger partial charge in [-0.2, -0.15) is 23.4 Å². The Kier molecular flexibility index (Phi) is 15.5. The first-order valence-electron chi connectivity index (χ1n) is 18.2. The minimum absolute atomic E-state index is 0.0185. The summed E-state index contributed by atoms with van der Waals surface area (Å²) in [5.41, 5.74) is 3.14. The van der Waals surface area contributed by atoms with Crippen LogP contribution >= 0.6 is 22.7 Å². The quantitative estimate of drug-likeness (QED) is 0.0284. The second-order valence-electron chi connectivity index (χ2n) is 12.0. The second kappa shape index (κ2) is 20.7. The summed E-state index contributed by atoms with van der Waals surface area (Å²) in [6, 6.07) is 10.8. The van der Waals surface area contributed by atoms with Gasteiger partial charge in [0.1, 0.15) is 16.3 Å². The molecule has 0 amide bonds. The van der Waals surface area contributed by atoms with Crippen LogP contribution in [0.2, 0.25) is 0 Å². The van der Waals surface area contributed by atoms with Crippen LogP contribution in [-0.2, 0) is 10.1 Å². The van der Waals surface area contributed by atoms with E-state index in [1.807, 2.05) is 45.9 Å². The van der Waals surface area contributed by atoms with Gasteiger partial charge in [-0.3, -0.25) is 14.1 Å². The average Bonchev–Trinajstić information content (AvgIpc) is 3.88. The number of nitrogens with one attached hydrogen (secondary N) is 2. The summed E-state index contributed by atoms with van der Waals surface area (Å²) in [7, 11) is -4.80. The Morgan fingerprint density at radius 2 is 1.22 bits per heavy atom. The van der Waals surface area contributed by atoms with Crippen LogP contribution in [-0.4, -0.2) is 113 Å². The molecule has 0 fully saturated rings. The zero-order valence-electron chi connectivity index (χ0n) is 32.4. The summed E-state index contributed by atoms with van der Waals surface area (Å²) >= 11 is 1.71.